The van der Waals surface area contributed by atoms with Crippen molar-refractivity contribution in [2.24, 2.45) is 0 Å². The van der Waals surface area contributed by atoms with E-state index in [4.69, 9.17) is 4.74 Å². The maximum absolute atomic E-state index is 5.19. The van der Waals surface area contributed by atoms with Crippen molar-refractivity contribution >= 4 is 55.1 Å². The molecule has 0 atom stereocenters. The zero-order chi connectivity index (χ0) is 15.5. The molecule has 0 saturated heterocycles. The molecule has 5 heteroatoms. The van der Waals surface area contributed by atoms with E-state index < -0.39 is 0 Å². The molecule has 0 saturated carbocycles. The highest BCUT2D eigenvalue weighted by molar-refractivity contribution is 14.1. The number of nitrogens with zero attached hydrogens (tertiary/aromatic N) is 1. The summed E-state index contributed by atoms with van der Waals surface area (Å²) >= 11 is 5.81. The summed E-state index contributed by atoms with van der Waals surface area (Å²) in [6.07, 6.45) is 1.89. The molecular weight excluding hydrogens is 455 g/mol. The summed E-state index contributed by atoms with van der Waals surface area (Å²) in [4.78, 5) is 4.49. The molecular formula is C17H14BrIN2O. The molecule has 2 aromatic carbocycles. The molecule has 0 aliphatic carbocycles. The maximum atomic E-state index is 5.19. The number of methoxy groups -OCH3 is 1. The molecule has 3 aromatic rings. The van der Waals surface area contributed by atoms with Crippen LogP contribution in [0.5, 0.6) is 5.75 Å². The van der Waals surface area contributed by atoms with Crippen molar-refractivity contribution in [1.29, 1.82) is 0 Å². The Kier molecular flexibility index (Phi) is 4.83. The normalized spacial score (nSPS) is 10.7. The van der Waals surface area contributed by atoms with Crippen LogP contribution in [-0.2, 0) is 6.54 Å². The molecule has 1 heterocycles. The van der Waals surface area contributed by atoms with Crippen LogP contribution in [0.15, 0.2) is 53.1 Å². The fourth-order valence-electron chi connectivity index (χ4n) is 2.26. The molecule has 0 aliphatic rings. The molecule has 112 valence electrons. The first-order chi connectivity index (χ1) is 10.7. The smallest absolute Gasteiger partial charge is 0.118 e. The van der Waals surface area contributed by atoms with Crippen LogP contribution in [0, 0.1) is 3.57 Å². The zero-order valence-electron chi connectivity index (χ0n) is 11.9. The largest absolute Gasteiger partial charge is 0.497 e. The third-order valence-corrected chi connectivity index (χ3v) is 4.72. The first-order valence-electron chi connectivity index (χ1n) is 6.78. The van der Waals surface area contributed by atoms with Crippen LogP contribution >= 0.6 is 38.5 Å². The third-order valence-electron chi connectivity index (χ3n) is 3.41. The number of benzene rings is 2. The topological polar surface area (TPSA) is 34.1 Å². The number of hydrogen-bond acceptors (Lipinski definition) is 3. The molecule has 0 amide bonds. The van der Waals surface area contributed by atoms with E-state index in [1.165, 1.54) is 5.56 Å². The Morgan fingerprint density at radius 2 is 1.95 bits per heavy atom. The second kappa shape index (κ2) is 6.83. The molecule has 0 spiro atoms. The second-order valence-corrected chi connectivity index (χ2v) is 6.92. The van der Waals surface area contributed by atoms with Crippen molar-refractivity contribution < 1.29 is 4.74 Å². The van der Waals surface area contributed by atoms with Crippen molar-refractivity contribution in [3.05, 3.63) is 62.3 Å². The predicted molar refractivity (Wildman–Crippen MR) is 102 cm³/mol. The number of halogens is 2. The first-order valence-corrected chi connectivity index (χ1v) is 8.65. The van der Waals surface area contributed by atoms with Gasteiger partial charge in [-0.3, -0.25) is 4.98 Å². The minimum absolute atomic E-state index is 0.759. The number of rotatable bonds is 4. The molecule has 0 aliphatic heterocycles. The van der Waals surface area contributed by atoms with Gasteiger partial charge in [-0.25, -0.2) is 0 Å². The van der Waals surface area contributed by atoms with E-state index in [0.717, 1.165) is 36.9 Å². The highest BCUT2D eigenvalue weighted by atomic mass is 127. The molecule has 0 unspecified atom stereocenters. The van der Waals surface area contributed by atoms with E-state index in [-0.39, 0.29) is 0 Å². The van der Waals surface area contributed by atoms with Gasteiger partial charge in [0, 0.05) is 22.6 Å². The Balaban J connectivity index is 1.87. The second-order valence-electron chi connectivity index (χ2n) is 4.84. The van der Waals surface area contributed by atoms with Crippen molar-refractivity contribution in [3.8, 4) is 5.75 Å². The predicted octanol–water partition coefficient (Wildman–Crippen LogP) is 5.22. The lowest BCUT2D eigenvalue weighted by Crippen LogP contribution is -2.02. The Hall–Kier alpha value is -1.34. The summed E-state index contributed by atoms with van der Waals surface area (Å²) in [7, 11) is 1.68. The lowest BCUT2D eigenvalue weighted by atomic mass is 10.1. The fraction of sp³-hybridized carbons (Fsp3) is 0.118. The van der Waals surface area contributed by atoms with Crippen molar-refractivity contribution in [1.82, 2.24) is 4.98 Å². The van der Waals surface area contributed by atoms with Gasteiger partial charge in [0.15, 0.2) is 0 Å². The minimum atomic E-state index is 0.759. The lowest BCUT2D eigenvalue weighted by molar-refractivity contribution is 0.414. The molecule has 0 fully saturated rings. The number of ether oxygens (including phenoxy) is 1. The number of anilines is 1. The first kappa shape index (κ1) is 15.6. The van der Waals surface area contributed by atoms with Crippen LogP contribution < -0.4 is 10.1 Å². The highest BCUT2D eigenvalue weighted by Gasteiger charge is 2.07. The summed E-state index contributed by atoms with van der Waals surface area (Å²) in [5.74, 6) is 0.873. The third kappa shape index (κ3) is 3.35. The van der Waals surface area contributed by atoms with E-state index in [0.29, 0.717) is 0 Å². The lowest BCUT2D eigenvalue weighted by Gasteiger charge is -2.12. The van der Waals surface area contributed by atoms with E-state index in [1.807, 2.05) is 30.5 Å². The van der Waals surface area contributed by atoms with Crippen LogP contribution in [0.1, 0.15) is 5.56 Å². The van der Waals surface area contributed by atoms with Gasteiger partial charge >= 0.3 is 0 Å². The van der Waals surface area contributed by atoms with E-state index in [9.17, 15) is 0 Å². The monoisotopic (exact) mass is 468 g/mol. The average Bonchev–Trinajstić information content (AvgIpc) is 2.54. The van der Waals surface area contributed by atoms with Gasteiger partial charge in [-0.1, -0.05) is 28.1 Å². The van der Waals surface area contributed by atoms with Gasteiger partial charge in [0.25, 0.3) is 0 Å². The molecule has 0 bridgehead atoms. The molecule has 3 rings (SSSR count). The number of hydrogen-bond donors (Lipinski definition) is 1. The summed E-state index contributed by atoms with van der Waals surface area (Å²) < 4.78 is 7.33. The molecule has 1 aromatic heterocycles. The fourth-order valence-corrected chi connectivity index (χ4v) is 3.23. The van der Waals surface area contributed by atoms with Gasteiger partial charge in [-0.2, -0.15) is 0 Å². The Morgan fingerprint density at radius 3 is 2.68 bits per heavy atom. The summed E-state index contributed by atoms with van der Waals surface area (Å²) in [6, 6.07) is 14.2. The number of fused-ring (bicyclic) bond motifs is 1. The van der Waals surface area contributed by atoms with Gasteiger partial charge in [0.05, 0.1) is 21.9 Å². The van der Waals surface area contributed by atoms with Crippen molar-refractivity contribution in [3.63, 3.8) is 0 Å². The van der Waals surface area contributed by atoms with Gasteiger partial charge < -0.3 is 10.1 Å². The van der Waals surface area contributed by atoms with E-state index >= 15 is 0 Å². The molecule has 3 nitrogen and oxygen atoms in total. The summed E-state index contributed by atoms with van der Waals surface area (Å²) in [5.41, 5.74) is 3.31. The number of pyridine rings is 1. The van der Waals surface area contributed by atoms with Gasteiger partial charge in [0.2, 0.25) is 0 Å². The van der Waals surface area contributed by atoms with Gasteiger partial charge in [-0.05, 0) is 58.5 Å². The zero-order valence-corrected chi connectivity index (χ0v) is 15.7. The van der Waals surface area contributed by atoms with Crippen molar-refractivity contribution in [2.45, 2.75) is 6.54 Å². The van der Waals surface area contributed by atoms with Crippen LogP contribution in [0.25, 0.3) is 10.9 Å². The summed E-state index contributed by atoms with van der Waals surface area (Å²) in [5, 5.41) is 4.65. The number of aromatic nitrogens is 1. The Morgan fingerprint density at radius 1 is 1.18 bits per heavy atom. The highest BCUT2D eigenvalue weighted by Crippen LogP contribution is 2.29. The Labute approximate surface area is 151 Å². The van der Waals surface area contributed by atoms with Crippen LogP contribution in [0.4, 0.5) is 5.69 Å². The van der Waals surface area contributed by atoms with Crippen LogP contribution in [-0.4, -0.2) is 12.1 Å². The quantitative estimate of drug-likeness (QED) is 0.533. The standard InChI is InChI=1S/C17H14BrIN2O/c1-22-13-5-2-11(3-6-13)9-21-17-14-7-4-12(18)8-16(14)20-10-15(17)19/h2-8,10H,9H2,1H3,(H,20,21). The van der Waals surface area contributed by atoms with Gasteiger partial charge in [0.1, 0.15) is 5.75 Å². The van der Waals surface area contributed by atoms with Crippen LogP contribution in [0.2, 0.25) is 0 Å². The van der Waals surface area contributed by atoms with Gasteiger partial charge in [-0.15, -0.1) is 0 Å². The van der Waals surface area contributed by atoms with Crippen LogP contribution in [0.3, 0.4) is 0 Å². The number of nitrogens with one attached hydrogen (secondary N) is 1. The van der Waals surface area contributed by atoms with Crippen molar-refractivity contribution in [2.75, 3.05) is 12.4 Å². The molecule has 1 N–H and O–H groups in total. The minimum Gasteiger partial charge on any atom is -0.497 e. The van der Waals surface area contributed by atoms with E-state index in [2.05, 4.69) is 67.0 Å². The molecule has 22 heavy (non-hydrogen) atoms. The summed E-state index contributed by atoms with van der Waals surface area (Å²) in [6.45, 7) is 0.759. The SMILES string of the molecule is COc1ccc(CNc2c(I)cnc3cc(Br)ccc23)cc1. The molecule has 0 radical (unpaired) electrons. The maximum Gasteiger partial charge on any atom is 0.118 e. The Bertz CT molecular complexity index is 806. The van der Waals surface area contributed by atoms with E-state index in [1.54, 1.807) is 7.11 Å². The average molecular weight is 469 g/mol.